The van der Waals surface area contributed by atoms with Gasteiger partial charge in [-0.1, -0.05) is 0 Å². The van der Waals surface area contributed by atoms with Crippen LogP contribution < -0.4 is 10.2 Å². The van der Waals surface area contributed by atoms with Gasteiger partial charge in [-0.15, -0.1) is 0 Å². The van der Waals surface area contributed by atoms with Crippen LogP contribution in [-0.2, 0) is 4.74 Å². The van der Waals surface area contributed by atoms with E-state index in [0.717, 1.165) is 18.9 Å². The molecule has 2 saturated heterocycles. The maximum Gasteiger partial charge on any atom is 0.394 e. The highest BCUT2D eigenvalue weighted by atomic mass is 19.4. The lowest BCUT2D eigenvalue weighted by Crippen LogP contribution is -2.51. The van der Waals surface area contributed by atoms with Crippen LogP contribution in [-0.4, -0.2) is 60.5 Å². The highest BCUT2D eigenvalue weighted by Gasteiger charge is 2.56. The van der Waals surface area contributed by atoms with E-state index in [-0.39, 0.29) is 13.0 Å². The molecule has 0 radical (unpaired) electrons. The smallest absolute Gasteiger partial charge is 0.378 e. The third kappa shape index (κ3) is 3.97. The number of rotatable bonds is 2. The van der Waals surface area contributed by atoms with Crippen molar-refractivity contribution in [1.82, 2.24) is 9.88 Å². The van der Waals surface area contributed by atoms with E-state index in [2.05, 4.69) is 15.2 Å². The van der Waals surface area contributed by atoms with E-state index in [1.54, 1.807) is 13.0 Å². The van der Waals surface area contributed by atoms with Gasteiger partial charge in [-0.25, -0.2) is 9.78 Å². The summed E-state index contributed by atoms with van der Waals surface area (Å²) < 4.78 is 45.0. The highest BCUT2D eigenvalue weighted by molar-refractivity contribution is 5.90. The SMILES string of the molecule is Cc1nc(N2CCOCC2)ccc1NC(=O)N1CC[C@H](C(F)(F)F)C1(C)C. The number of pyridine rings is 1. The summed E-state index contributed by atoms with van der Waals surface area (Å²) in [6.07, 6.45) is -4.41. The van der Waals surface area contributed by atoms with E-state index in [1.165, 1.54) is 18.7 Å². The lowest BCUT2D eigenvalue weighted by molar-refractivity contribution is -0.189. The fourth-order valence-electron chi connectivity index (χ4n) is 3.85. The van der Waals surface area contributed by atoms with Crippen LogP contribution in [0.3, 0.4) is 0 Å². The van der Waals surface area contributed by atoms with Crippen molar-refractivity contribution in [3.05, 3.63) is 17.8 Å². The summed E-state index contributed by atoms with van der Waals surface area (Å²) in [7, 11) is 0. The number of urea groups is 1. The van der Waals surface area contributed by atoms with Crippen LogP contribution in [0.4, 0.5) is 29.5 Å². The molecule has 9 heteroatoms. The van der Waals surface area contributed by atoms with Crippen LogP contribution in [0, 0.1) is 12.8 Å². The second-order valence-electron chi connectivity index (χ2n) is 7.52. The molecule has 2 fully saturated rings. The first-order chi connectivity index (χ1) is 12.6. The molecule has 0 aromatic carbocycles. The molecular weight excluding hydrogens is 361 g/mol. The molecular formula is C18H25F3N4O2. The number of hydrogen-bond donors (Lipinski definition) is 1. The number of nitrogens with zero attached hydrogens (tertiary/aromatic N) is 3. The number of nitrogens with one attached hydrogen (secondary N) is 1. The first kappa shape index (κ1) is 19.7. The van der Waals surface area contributed by atoms with Crippen LogP contribution >= 0.6 is 0 Å². The van der Waals surface area contributed by atoms with Crippen LogP contribution in [0.1, 0.15) is 26.0 Å². The Bertz CT molecular complexity index is 702. The van der Waals surface area contributed by atoms with Crippen LogP contribution in [0.2, 0.25) is 0 Å². The minimum Gasteiger partial charge on any atom is -0.378 e. The van der Waals surface area contributed by atoms with E-state index in [9.17, 15) is 18.0 Å². The predicted molar refractivity (Wildman–Crippen MR) is 96.0 cm³/mol. The monoisotopic (exact) mass is 386 g/mol. The number of amides is 2. The lowest BCUT2D eigenvalue weighted by Gasteiger charge is -2.36. The molecule has 150 valence electrons. The van der Waals surface area contributed by atoms with E-state index >= 15 is 0 Å². The molecule has 27 heavy (non-hydrogen) atoms. The zero-order valence-corrected chi connectivity index (χ0v) is 15.8. The number of anilines is 2. The van der Waals surface area contributed by atoms with Gasteiger partial charge in [-0.2, -0.15) is 13.2 Å². The topological polar surface area (TPSA) is 57.7 Å². The van der Waals surface area contributed by atoms with Crippen LogP contribution in [0.25, 0.3) is 0 Å². The molecule has 2 aliphatic rings. The molecule has 0 spiro atoms. The average molecular weight is 386 g/mol. The summed E-state index contributed by atoms with van der Waals surface area (Å²) in [5.74, 6) is -0.730. The van der Waals surface area contributed by atoms with Crippen molar-refractivity contribution >= 4 is 17.5 Å². The number of halogens is 3. The molecule has 1 aromatic rings. The van der Waals surface area contributed by atoms with Gasteiger partial charge in [0.25, 0.3) is 0 Å². The molecule has 3 heterocycles. The normalized spacial score (nSPS) is 22.8. The fourth-order valence-corrected chi connectivity index (χ4v) is 3.85. The number of aromatic nitrogens is 1. The van der Waals surface area contributed by atoms with Gasteiger partial charge >= 0.3 is 12.2 Å². The number of ether oxygens (including phenoxy) is 1. The second-order valence-corrected chi connectivity index (χ2v) is 7.52. The Kier molecular flexibility index (Phi) is 5.24. The third-order valence-electron chi connectivity index (χ3n) is 5.48. The predicted octanol–water partition coefficient (Wildman–Crippen LogP) is 3.42. The molecule has 2 amide bonds. The largest absolute Gasteiger partial charge is 0.394 e. The molecule has 0 unspecified atom stereocenters. The van der Waals surface area contributed by atoms with E-state index in [4.69, 9.17) is 4.74 Å². The van der Waals surface area contributed by atoms with Crippen LogP contribution in [0.15, 0.2) is 12.1 Å². The highest BCUT2D eigenvalue weighted by Crippen LogP contribution is 2.44. The molecule has 1 atom stereocenters. The van der Waals surface area contributed by atoms with Crippen molar-refractivity contribution in [2.24, 2.45) is 5.92 Å². The quantitative estimate of drug-likeness (QED) is 0.846. The van der Waals surface area contributed by atoms with Crippen molar-refractivity contribution in [2.75, 3.05) is 43.1 Å². The number of alkyl halides is 3. The standard InChI is InChI=1S/C18H25F3N4O2/c1-12-13(4-5-15(22-12)24-8-10-27-11-9-24)23-16(26)25-7-6-14(17(25,2)3)18(19,20)21/h4-5,14H,6-11H2,1-3H3,(H,23,26)/t14-/m0/s1. The number of morpholine rings is 1. The first-order valence-corrected chi connectivity index (χ1v) is 9.06. The number of carbonyl (C=O) groups is 1. The van der Waals surface area contributed by atoms with Gasteiger partial charge < -0.3 is 19.9 Å². The Hall–Kier alpha value is -2.03. The van der Waals surface area contributed by atoms with E-state index in [0.29, 0.717) is 24.6 Å². The van der Waals surface area contributed by atoms with E-state index < -0.39 is 23.7 Å². The average Bonchev–Trinajstić information content (AvgIpc) is 2.92. The van der Waals surface area contributed by atoms with E-state index in [1.807, 2.05) is 6.07 Å². The molecule has 0 saturated carbocycles. The first-order valence-electron chi connectivity index (χ1n) is 9.06. The maximum absolute atomic E-state index is 13.2. The maximum atomic E-state index is 13.2. The van der Waals surface area contributed by atoms with Crippen LogP contribution in [0.5, 0.6) is 0 Å². The van der Waals surface area contributed by atoms with Gasteiger partial charge in [-0.3, -0.25) is 0 Å². The minimum atomic E-state index is -4.32. The van der Waals surface area contributed by atoms with Gasteiger partial charge in [0.1, 0.15) is 5.82 Å². The number of aryl methyl sites for hydroxylation is 1. The number of hydrogen-bond acceptors (Lipinski definition) is 4. The summed E-state index contributed by atoms with van der Waals surface area (Å²) in [5.41, 5.74) is -0.169. The Balaban J connectivity index is 1.71. The Labute approximate surface area is 156 Å². The van der Waals surface area contributed by atoms with Gasteiger partial charge in [-0.05, 0) is 39.3 Å². The molecule has 0 aliphatic carbocycles. The Morgan fingerprint density at radius 1 is 1.26 bits per heavy atom. The third-order valence-corrected chi connectivity index (χ3v) is 5.48. The Morgan fingerprint density at radius 3 is 2.48 bits per heavy atom. The van der Waals surface area contributed by atoms with Gasteiger partial charge in [0.05, 0.1) is 36.1 Å². The summed E-state index contributed by atoms with van der Waals surface area (Å²) >= 11 is 0. The molecule has 1 aromatic heterocycles. The van der Waals surface area contributed by atoms with Gasteiger partial charge in [0, 0.05) is 19.6 Å². The van der Waals surface area contributed by atoms with Crippen molar-refractivity contribution in [3.63, 3.8) is 0 Å². The molecule has 6 nitrogen and oxygen atoms in total. The summed E-state index contributed by atoms with van der Waals surface area (Å²) in [6, 6.07) is 3.02. The van der Waals surface area contributed by atoms with Gasteiger partial charge in [0.15, 0.2) is 0 Å². The minimum absolute atomic E-state index is 0.0708. The molecule has 2 aliphatic heterocycles. The fraction of sp³-hybridized carbons (Fsp3) is 0.667. The zero-order chi connectivity index (χ0) is 19.8. The Morgan fingerprint density at radius 2 is 1.93 bits per heavy atom. The number of likely N-dealkylation sites (tertiary alicyclic amines) is 1. The molecule has 3 rings (SSSR count). The van der Waals surface area contributed by atoms with Crippen molar-refractivity contribution in [3.8, 4) is 0 Å². The molecule has 0 bridgehead atoms. The van der Waals surface area contributed by atoms with Crippen molar-refractivity contribution < 1.29 is 22.7 Å². The lowest BCUT2D eigenvalue weighted by atomic mass is 9.88. The number of carbonyl (C=O) groups excluding carboxylic acids is 1. The second kappa shape index (κ2) is 7.18. The van der Waals surface area contributed by atoms with Gasteiger partial charge in [0.2, 0.25) is 0 Å². The zero-order valence-electron chi connectivity index (χ0n) is 15.8. The summed E-state index contributed by atoms with van der Waals surface area (Å²) in [4.78, 5) is 20.5. The summed E-state index contributed by atoms with van der Waals surface area (Å²) in [5, 5.41) is 2.72. The van der Waals surface area contributed by atoms with Crippen molar-refractivity contribution in [1.29, 1.82) is 0 Å². The molecule has 1 N–H and O–H groups in total. The summed E-state index contributed by atoms with van der Waals surface area (Å²) in [6.45, 7) is 7.55. The van der Waals surface area contributed by atoms with Crippen molar-refractivity contribution in [2.45, 2.75) is 38.9 Å².